The molecule has 68 heavy (non-hydrogen) atoms. The Balaban J connectivity index is 1.41. The largest absolute Gasteiger partial charge is 0.388 e. The fourth-order valence-electron chi connectivity index (χ4n) is 10.3. The second-order valence-electron chi connectivity index (χ2n) is 19.8. The fraction of sp³-hybridized carbons (Fsp3) is 0.600. The number of likely N-dealkylation sites (tertiary alicyclic amines) is 2. The van der Waals surface area contributed by atoms with Crippen LogP contribution >= 0.6 is 0 Å². The first-order valence-corrected chi connectivity index (χ1v) is 24.2. The number of aromatic amines is 1. The number of aliphatic hydroxyl groups excluding tert-OH is 3. The van der Waals surface area contributed by atoms with Crippen LogP contribution in [-0.4, -0.2) is 146 Å². The zero-order valence-electron chi connectivity index (χ0n) is 40.6. The second-order valence-corrected chi connectivity index (χ2v) is 19.8. The van der Waals surface area contributed by atoms with Gasteiger partial charge in [0.05, 0.1) is 35.1 Å². The van der Waals surface area contributed by atoms with E-state index in [1.807, 2.05) is 32.6 Å². The van der Waals surface area contributed by atoms with Gasteiger partial charge in [0.15, 0.2) is 6.23 Å². The number of benzene rings is 2. The third-order valence-corrected chi connectivity index (χ3v) is 14.6. The average Bonchev–Trinajstić information content (AvgIpc) is 4.11. The highest BCUT2D eigenvalue weighted by Crippen LogP contribution is 2.45. The maximum atomic E-state index is 15.7. The van der Waals surface area contributed by atoms with Crippen LogP contribution < -0.4 is 21.3 Å². The molecule has 7 rings (SSSR count). The Morgan fingerprint density at radius 1 is 0.721 bits per heavy atom. The summed E-state index contributed by atoms with van der Waals surface area (Å²) in [4.78, 5) is 62.5. The van der Waals surface area contributed by atoms with Gasteiger partial charge in [-0.3, -0.25) is 19.2 Å². The number of carbonyl (C=O) groups is 4. The zero-order chi connectivity index (χ0) is 49.5. The van der Waals surface area contributed by atoms with Gasteiger partial charge in [0.2, 0.25) is 23.6 Å². The Hall–Kier alpha value is -4.98. The van der Waals surface area contributed by atoms with Gasteiger partial charge in [-0.2, -0.15) is 0 Å². The number of hydrogen-bond acceptors (Lipinski definition) is 10. The van der Waals surface area contributed by atoms with Crippen molar-refractivity contribution in [1.82, 2.24) is 40.6 Å². The molecule has 11 atom stereocenters. The molecular weight excluding hydrogens is 879 g/mol. The summed E-state index contributed by atoms with van der Waals surface area (Å²) in [5.74, 6) is -2.65. The lowest BCUT2D eigenvalue weighted by atomic mass is 9.94. The van der Waals surface area contributed by atoms with Gasteiger partial charge in [-0.15, -0.1) is 0 Å². The van der Waals surface area contributed by atoms with E-state index in [0.29, 0.717) is 83.1 Å². The molecule has 5 heterocycles. The number of amides is 4. The Labute approximate surface area is 396 Å². The highest BCUT2D eigenvalue weighted by atomic mass is 19.1. The van der Waals surface area contributed by atoms with Crippen LogP contribution in [0.1, 0.15) is 91.5 Å². The lowest BCUT2D eigenvalue weighted by Crippen LogP contribution is -2.55. The highest BCUT2D eigenvalue weighted by molar-refractivity contribution is 5.98. The van der Waals surface area contributed by atoms with Crippen LogP contribution in [0.3, 0.4) is 0 Å². The zero-order valence-corrected chi connectivity index (χ0v) is 40.6. The molecule has 3 aliphatic heterocycles. The molecule has 372 valence electrons. The molecule has 3 aliphatic rings. The van der Waals surface area contributed by atoms with Gasteiger partial charge >= 0.3 is 0 Å². The molecule has 0 bridgehead atoms. The summed E-state index contributed by atoms with van der Waals surface area (Å²) in [6.45, 7) is 13.4. The van der Waals surface area contributed by atoms with Crippen molar-refractivity contribution in [3.8, 4) is 11.4 Å². The molecule has 2 unspecified atom stereocenters. The molecule has 2 aromatic carbocycles. The van der Waals surface area contributed by atoms with Crippen LogP contribution in [0.15, 0.2) is 36.4 Å². The minimum atomic E-state index is -1.70. The summed E-state index contributed by atoms with van der Waals surface area (Å²) in [5.41, 5.74) is 2.99. The van der Waals surface area contributed by atoms with E-state index < -0.39 is 72.5 Å². The lowest BCUT2D eigenvalue weighted by molar-refractivity contribution is -0.238. The van der Waals surface area contributed by atoms with Gasteiger partial charge in [-0.1, -0.05) is 27.7 Å². The standard InChI is InChI=1S/C50H70F2N8O8/c1-24(2)39(56-46(64)26(5)53-8)48(66)58-18-10-12-31(58)22-35-33-16-14-29(51)20-37(33)55-41(35)42-36(23-32-13-11-19-59(32)49(67)40(25(3)4)57-47(65)27(6)54-9)34-17-15-30(52)21-38(34)60(42)50-45(63)44(62)43(61)28(7)68-50/h14-17,20-21,24-28,31-32,39-40,43-45,50,53-55,61-63H,10-13,18-19,22-23H2,1-9H3,(H,56,64)(H,57,65)/t26-,27-,28-,31?,32-,39-,40-,43+,44+,45-,50?/m0/s1. The molecule has 0 radical (unpaired) electrons. The van der Waals surface area contributed by atoms with Crippen molar-refractivity contribution >= 4 is 45.4 Å². The third-order valence-electron chi connectivity index (χ3n) is 14.6. The smallest absolute Gasteiger partial charge is 0.245 e. The number of fused-ring (bicyclic) bond motifs is 2. The maximum Gasteiger partial charge on any atom is 0.245 e. The number of carbonyl (C=O) groups excluding carboxylic acids is 4. The number of ether oxygens (including phenoxy) is 1. The van der Waals surface area contributed by atoms with Crippen LogP contribution in [0.2, 0.25) is 0 Å². The monoisotopic (exact) mass is 949 g/mol. The molecule has 4 aromatic rings. The minimum Gasteiger partial charge on any atom is -0.388 e. The SMILES string of the molecule is CN[C@@H](C)C(=O)N[C@H](C(=O)N1CCCC1Cc1c(-c2c(C[C@@H]3CCCN3C(=O)[C@@H](NC(=O)[C@H](C)NC)C(C)C)c3ccc(F)cc3n2C2O[C@@H](C)[C@@H](O)[C@@H](O)[C@@H]2O)[nH]c2cc(F)ccc12)C(C)C. The summed E-state index contributed by atoms with van der Waals surface area (Å²) >= 11 is 0. The molecular formula is C50H70F2N8O8. The quantitative estimate of drug-likeness (QED) is 0.0818. The molecule has 0 spiro atoms. The van der Waals surface area contributed by atoms with Crippen molar-refractivity contribution in [2.24, 2.45) is 11.8 Å². The Kier molecular flexibility index (Phi) is 15.7. The van der Waals surface area contributed by atoms with Gasteiger partial charge in [0, 0.05) is 41.5 Å². The molecule has 18 heteroatoms. The van der Waals surface area contributed by atoms with E-state index in [9.17, 15) is 34.5 Å². The number of H-pyrrole nitrogens is 1. The normalized spacial score (nSPS) is 25.1. The first kappa shape index (κ1) is 50.9. The number of aliphatic hydroxyl groups is 3. The van der Waals surface area contributed by atoms with Crippen molar-refractivity contribution < 1.29 is 48.0 Å². The summed E-state index contributed by atoms with van der Waals surface area (Å²) in [6.07, 6.45) is -4.06. The van der Waals surface area contributed by atoms with Crippen LogP contribution in [0.25, 0.3) is 33.2 Å². The summed E-state index contributed by atoms with van der Waals surface area (Å²) in [7, 11) is 3.34. The van der Waals surface area contributed by atoms with Crippen molar-refractivity contribution in [3.05, 3.63) is 59.2 Å². The molecule has 16 nitrogen and oxygen atoms in total. The summed E-state index contributed by atoms with van der Waals surface area (Å²) in [5, 5.41) is 47.0. The van der Waals surface area contributed by atoms with E-state index in [4.69, 9.17) is 4.74 Å². The van der Waals surface area contributed by atoms with Crippen molar-refractivity contribution in [2.75, 3.05) is 27.2 Å². The maximum absolute atomic E-state index is 15.7. The van der Waals surface area contributed by atoms with Crippen LogP contribution in [0, 0.1) is 23.5 Å². The molecule has 8 N–H and O–H groups in total. The van der Waals surface area contributed by atoms with Gasteiger partial charge in [-0.05, 0) is 133 Å². The van der Waals surface area contributed by atoms with Gasteiger partial charge in [-0.25, -0.2) is 8.78 Å². The predicted octanol–water partition coefficient (Wildman–Crippen LogP) is 3.63. The van der Waals surface area contributed by atoms with Gasteiger partial charge < -0.3 is 60.7 Å². The van der Waals surface area contributed by atoms with E-state index in [0.717, 1.165) is 0 Å². The number of halogens is 2. The highest BCUT2D eigenvalue weighted by Gasteiger charge is 2.46. The van der Waals surface area contributed by atoms with E-state index in [-0.39, 0.29) is 54.3 Å². The van der Waals surface area contributed by atoms with E-state index >= 15 is 8.78 Å². The van der Waals surface area contributed by atoms with E-state index in [1.165, 1.54) is 24.3 Å². The number of aromatic nitrogens is 2. The summed E-state index contributed by atoms with van der Waals surface area (Å²) in [6, 6.07) is 5.22. The molecule has 4 amide bonds. The Morgan fingerprint density at radius 2 is 1.22 bits per heavy atom. The second kappa shape index (κ2) is 20.9. The number of rotatable bonds is 16. The molecule has 3 fully saturated rings. The first-order chi connectivity index (χ1) is 32.3. The number of nitrogens with one attached hydrogen (secondary N) is 5. The van der Waals surface area contributed by atoms with Crippen molar-refractivity contribution in [2.45, 2.75) is 154 Å². The van der Waals surface area contributed by atoms with E-state index in [2.05, 4.69) is 26.3 Å². The fourth-order valence-corrected chi connectivity index (χ4v) is 10.3. The number of likely N-dealkylation sites (N-methyl/N-ethyl adjacent to an activating group) is 2. The van der Waals surface area contributed by atoms with Crippen LogP contribution in [0.5, 0.6) is 0 Å². The van der Waals surface area contributed by atoms with Crippen LogP contribution in [0.4, 0.5) is 8.78 Å². The topological polar surface area (TPSA) is 214 Å². The minimum absolute atomic E-state index is 0.223. The molecule has 0 saturated carbocycles. The Morgan fingerprint density at radius 3 is 1.74 bits per heavy atom. The lowest BCUT2D eigenvalue weighted by Gasteiger charge is -2.41. The Bertz CT molecular complexity index is 2490. The third kappa shape index (κ3) is 9.90. The van der Waals surface area contributed by atoms with E-state index in [1.54, 1.807) is 56.5 Å². The summed E-state index contributed by atoms with van der Waals surface area (Å²) < 4.78 is 39.0. The van der Waals surface area contributed by atoms with Gasteiger partial charge in [0.1, 0.15) is 42.0 Å². The van der Waals surface area contributed by atoms with Gasteiger partial charge in [0.25, 0.3) is 0 Å². The molecule has 3 saturated heterocycles. The average molecular weight is 949 g/mol. The molecule has 2 aromatic heterocycles. The number of hydrogen-bond donors (Lipinski definition) is 8. The van der Waals surface area contributed by atoms with Crippen LogP contribution in [-0.2, 0) is 36.8 Å². The van der Waals surface area contributed by atoms with Crippen molar-refractivity contribution in [1.29, 1.82) is 0 Å². The molecule has 0 aliphatic carbocycles. The number of nitrogens with zero attached hydrogens (tertiary/aromatic N) is 3. The first-order valence-electron chi connectivity index (χ1n) is 24.2. The van der Waals surface area contributed by atoms with Crippen molar-refractivity contribution in [3.63, 3.8) is 0 Å². The predicted molar refractivity (Wildman–Crippen MR) is 254 cm³/mol.